The smallest absolute Gasteiger partial charge is 0.352 e. The maximum atomic E-state index is 9.48. The molecule has 0 aliphatic rings. The third-order valence-electron chi connectivity index (χ3n) is 0.246. The molecule has 2 amide bonds. The van der Waals surface area contributed by atoms with Crippen molar-refractivity contribution in [2.75, 3.05) is 7.05 Å². The van der Waals surface area contributed by atoms with Crippen molar-refractivity contribution in [2.24, 2.45) is 5.73 Å². The molecule has 15 heavy (non-hydrogen) atoms. The third-order valence-corrected chi connectivity index (χ3v) is 0.246. The number of carbonyl (C=O) groups excluding carboxylic acids is 1. The molecule has 11 nitrogen and oxygen atoms in total. The van der Waals surface area contributed by atoms with E-state index in [-0.39, 0.29) is 0 Å². The highest BCUT2D eigenvalue weighted by Gasteiger charge is 1.85. The monoisotopic (exact) mass is 270 g/mol. The van der Waals surface area contributed by atoms with Crippen molar-refractivity contribution in [1.82, 2.24) is 5.32 Å². The molecule has 0 aromatic carbocycles. The van der Waals surface area contributed by atoms with Gasteiger partial charge in [0.15, 0.2) is 0 Å². The van der Waals surface area contributed by atoms with E-state index in [0.29, 0.717) is 0 Å². The van der Waals surface area contributed by atoms with Gasteiger partial charge in [-0.1, -0.05) is 0 Å². The summed E-state index contributed by atoms with van der Waals surface area (Å²) in [7, 11) is -7.86. The average molecular weight is 270 g/mol. The Kier molecular flexibility index (Phi) is 10.9. The quantitative estimate of drug-likeness (QED) is 0.268. The first-order valence-electron chi connectivity index (χ1n) is 2.64. The van der Waals surface area contributed by atoms with E-state index in [1.807, 2.05) is 0 Å². The summed E-state index contributed by atoms with van der Waals surface area (Å²) >= 11 is 0. The molecule has 0 spiro atoms. The lowest BCUT2D eigenvalue weighted by atomic mass is 11.1. The van der Waals surface area contributed by atoms with Gasteiger partial charge in [-0.25, -0.2) is 4.79 Å². The molecular formula is C2H10N2O9S2. The lowest BCUT2D eigenvalue weighted by Gasteiger charge is -1.80. The topological polar surface area (TPSA) is 204 Å². The molecule has 0 saturated carbocycles. The molecule has 13 heteroatoms. The molecule has 0 aromatic rings. The van der Waals surface area contributed by atoms with Crippen LogP contribution in [0.2, 0.25) is 0 Å². The van der Waals surface area contributed by atoms with E-state index in [2.05, 4.69) is 11.1 Å². The zero-order valence-corrected chi connectivity index (χ0v) is 8.86. The highest BCUT2D eigenvalue weighted by atomic mass is 32.3. The van der Waals surface area contributed by atoms with Gasteiger partial charge in [-0.15, -0.1) is 0 Å². The number of amides is 2. The normalized spacial score (nSPS) is 9.93. The zero-order chi connectivity index (χ0) is 13.3. The first-order valence-corrected chi connectivity index (χ1v) is 5.43. The van der Waals surface area contributed by atoms with Crippen LogP contribution in [0, 0.1) is 0 Å². The maximum Gasteiger partial charge on any atom is 0.394 e. The van der Waals surface area contributed by atoms with Crippen molar-refractivity contribution < 1.29 is 39.8 Å². The van der Waals surface area contributed by atoms with E-state index in [4.69, 9.17) is 35.0 Å². The van der Waals surface area contributed by atoms with Crippen LogP contribution in [0.3, 0.4) is 0 Å². The lowest BCUT2D eigenvalue weighted by Crippen LogP contribution is -2.24. The molecule has 0 unspecified atom stereocenters. The Labute approximate surface area is 85.4 Å². The molecule has 0 radical (unpaired) electrons. The van der Waals surface area contributed by atoms with Crippen molar-refractivity contribution in [3.8, 4) is 0 Å². The summed E-state index contributed by atoms with van der Waals surface area (Å²) in [5.41, 5.74) is 4.54. The van der Waals surface area contributed by atoms with Gasteiger partial charge in [0.05, 0.1) is 0 Å². The van der Waals surface area contributed by atoms with Crippen LogP contribution in [-0.4, -0.2) is 48.1 Å². The molecule has 0 rings (SSSR count). The second-order valence-corrected chi connectivity index (χ2v) is 3.30. The maximum absolute atomic E-state index is 9.48. The summed E-state index contributed by atoms with van der Waals surface area (Å²) in [4.78, 5) is 9.48. The minimum Gasteiger partial charge on any atom is -0.352 e. The fraction of sp³-hybridized carbons (Fsp3) is 0.500. The molecule has 0 aliphatic carbocycles. The van der Waals surface area contributed by atoms with E-state index in [1.54, 1.807) is 0 Å². The third kappa shape index (κ3) is 1550. The molecule has 0 atom stereocenters. The molecule has 0 fully saturated rings. The number of hydrogen-bond donors (Lipinski definition) is 6. The Morgan fingerprint density at radius 2 is 1.07 bits per heavy atom. The van der Waals surface area contributed by atoms with E-state index < -0.39 is 26.8 Å². The van der Waals surface area contributed by atoms with E-state index in [9.17, 15) is 4.79 Å². The number of carbonyl (C=O) groups is 1. The molecule has 94 valence electrons. The Morgan fingerprint density at radius 3 is 1.07 bits per heavy atom. The highest BCUT2D eigenvalue weighted by Crippen LogP contribution is 1.59. The first kappa shape index (κ1) is 19.6. The highest BCUT2D eigenvalue weighted by molar-refractivity contribution is 7.80. The summed E-state index contributed by atoms with van der Waals surface area (Å²) < 4.78 is 63.2. The summed E-state index contributed by atoms with van der Waals surface area (Å²) in [5, 5.41) is 2.17. The zero-order valence-electron chi connectivity index (χ0n) is 7.22. The van der Waals surface area contributed by atoms with E-state index in [1.165, 1.54) is 7.05 Å². The van der Waals surface area contributed by atoms with Crippen LogP contribution in [-0.2, 0) is 20.8 Å². The fourth-order valence-electron chi connectivity index (χ4n) is 0. The molecule has 7 N–H and O–H groups in total. The van der Waals surface area contributed by atoms with Crippen LogP contribution in [0.1, 0.15) is 0 Å². The van der Waals surface area contributed by atoms with Crippen LogP contribution in [0.15, 0.2) is 0 Å². The average Bonchev–Trinajstić information content (AvgIpc) is 1.79. The summed E-state index contributed by atoms with van der Waals surface area (Å²) in [6.45, 7) is 0. The lowest BCUT2D eigenvalue weighted by molar-refractivity contribution is 0.251. The number of rotatable bonds is 0. The minimum atomic E-state index is -4.67. The van der Waals surface area contributed by atoms with Crippen LogP contribution < -0.4 is 11.1 Å². The van der Waals surface area contributed by atoms with Gasteiger partial charge >= 0.3 is 26.8 Å². The van der Waals surface area contributed by atoms with Gasteiger partial charge in [0.2, 0.25) is 0 Å². The van der Waals surface area contributed by atoms with Crippen LogP contribution in [0.4, 0.5) is 4.79 Å². The molecule has 0 saturated heterocycles. The van der Waals surface area contributed by atoms with Crippen LogP contribution in [0.25, 0.3) is 0 Å². The van der Waals surface area contributed by atoms with Gasteiger partial charge in [0.1, 0.15) is 0 Å². The Bertz CT molecular complexity index is 308. The van der Waals surface area contributed by atoms with Gasteiger partial charge in [0.25, 0.3) is 0 Å². The van der Waals surface area contributed by atoms with Crippen molar-refractivity contribution in [2.45, 2.75) is 0 Å². The Hall–Kier alpha value is -0.990. The SMILES string of the molecule is CNC(N)=O.O=S(=O)(O)O.O=S(=O)(O)O. The predicted octanol–water partition coefficient (Wildman–Crippen LogP) is -2.02. The molecule has 0 heterocycles. The van der Waals surface area contributed by atoms with Crippen molar-refractivity contribution in [1.29, 1.82) is 0 Å². The molecule has 0 aliphatic heterocycles. The number of urea groups is 1. The fourth-order valence-corrected chi connectivity index (χ4v) is 0. The van der Waals surface area contributed by atoms with Gasteiger partial charge in [-0.2, -0.15) is 16.8 Å². The summed E-state index contributed by atoms with van der Waals surface area (Å²) in [6.07, 6.45) is 0. The van der Waals surface area contributed by atoms with Crippen LogP contribution >= 0.6 is 0 Å². The predicted molar refractivity (Wildman–Crippen MR) is 47.0 cm³/mol. The number of primary amides is 1. The van der Waals surface area contributed by atoms with Crippen LogP contribution in [0.5, 0.6) is 0 Å². The van der Waals surface area contributed by atoms with Gasteiger partial charge in [0, 0.05) is 7.05 Å². The second-order valence-electron chi connectivity index (χ2n) is 1.51. The van der Waals surface area contributed by atoms with Crippen molar-refractivity contribution in [3.63, 3.8) is 0 Å². The van der Waals surface area contributed by atoms with Crippen molar-refractivity contribution in [3.05, 3.63) is 0 Å². The standard InChI is InChI=1S/C2H6N2O.2H2O4S/c1-4-2(3)5;2*1-5(2,3)4/h1H3,(H3,3,4,5);2*(H2,1,2,3,4). The number of nitrogens with one attached hydrogen (secondary N) is 1. The number of hydrogen-bond acceptors (Lipinski definition) is 5. The summed E-state index contributed by atoms with van der Waals surface area (Å²) in [5.74, 6) is 0. The van der Waals surface area contributed by atoms with E-state index >= 15 is 0 Å². The Balaban J connectivity index is -0.000000144. The summed E-state index contributed by atoms with van der Waals surface area (Å²) in [6, 6.07) is -0.495. The Morgan fingerprint density at radius 1 is 1.00 bits per heavy atom. The van der Waals surface area contributed by atoms with Crippen molar-refractivity contribution >= 4 is 26.8 Å². The van der Waals surface area contributed by atoms with Gasteiger partial charge in [-0.3, -0.25) is 18.2 Å². The number of nitrogens with two attached hydrogens (primary N) is 1. The van der Waals surface area contributed by atoms with E-state index in [0.717, 1.165) is 0 Å². The minimum absolute atomic E-state index is 0.495. The molecule has 0 aromatic heterocycles. The largest absolute Gasteiger partial charge is 0.394 e. The van der Waals surface area contributed by atoms with Gasteiger partial charge < -0.3 is 11.1 Å². The molecular weight excluding hydrogens is 260 g/mol. The second kappa shape index (κ2) is 8.33. The first-order chi connectivity index (χ1) is 6.27. The van der Waals surface area contributed by atoms with Gasteiger partial charge in [-0.05, 0) is 0 Å². The molecule has 0 bridgehead atoms.